The zero-order chi connectivity index (χ0) is 17.8. The molecular weight excluding hydrogens is 338 g/mol. The van der Waals surface area contributed by atoms with Crippen molar-refractivity contribution in [2.45, 2.75) is 6.04 Å². The third kappa shape index (κ3) is 3.67. The molecule has 3 aromatic rings. The lowest BCUT2D eigenvalue weighted by atomic mass is 10.0. The van der Waals surface area contributed by atoms with Crippen molar-refractivity contribution >= 4 is 17.5 Å². The standard InChI is InChI=1S/C19H18ClN3O2/c1-23-12-11-21-18(23)17(13-7-9-14(25-2)10-8-13)22-19(24)15-5-3-4-6-16(15)20/h3-12,17H,1-2H3,(H,22,24). The van der Waals surface area contributed by atoms with Crippen LogP contribution >= 0.6 is 11.6 Å². The minimum atomic E-state index is -0.408. The SMILES string of the molecule is COc1ccc(C(NC(=O)c2ccccc2Cl)c2nccn2C)cc1. The highest BCUT2D eigenvalue weighted by Crippen LogP contribution is 2.24. The largest absolute Gasteiger partial charge is 0.497 e. The smallest absolute Gasteiger partial charge is 0.253 e. The fourth-order valence-corrected chi connectivity index (χ4v) is 2.82. The van der Waals surface area contributed by atoms with E-state index in [-0.39, 0.29) is 5.91 Å². The van der Waals surface area contributed by atoms with Gasteiger partial charge in [0.2, 0.25) is 0 Å². The number of benzene rings is 2. The first-order valence-electron chi connectivity index (χ1n) is 7.76. The van der Waals surface area contributed by atoms with Crippen molar-refractivity contribution in [3.63, 3.8) is 0 Å². The number of imidazole rings is 1. The fourth-order valence-electron chi connectivity index (χ4n) is 2.60. The lowest BCUT2D eigenvalue weighted by Crippen LogP contribution is -2.31. The van der Waals surface area contributed by atoms with Gasteiger partial charge in [-0.1, -0.05) is 35.9 Å². The summed E-state index contributed by atoms with van der Waals surface area (Å²) in [7, 11) is 3.50. The number of methoxy groups -OCH3 is 1. The molecule has 1 unspecified atom stereocenters. The predicted molar refractivity (Wildman–Crippen MR) is 97.0 cm³/mol. The monoisotopic (exact) mass is 355 g/mol. The lowest BCUT2D eigenvalue weighted by molar-refractivity contribution is 0.0941. The second-order valence-electron chi connectivity index (χ2n) is 5.56. The Bertz CT molecular complexity index is 874. The third-order valence-electron chi connectivity index (χ3n) is 3.96. The van der Waals surface area contributed by atoms with Crippen LogP contribution in [0.25, 0.3) is 0 Å². The maximum Gasteiger partial charge on any atom is 0.253 e. The highest BCUT2D eigenvalue weighted by Gasteiger charge is 2.22. The summed E-state index contributed by atoms with van der Waals surface area (Å²) < 4.78 is 7.08. The summed E-state index contributed by atoms with van der Waals surface area (Å²) in [5, 5.41) is 3.43. The number of carbonyl (C=O) groups excluding carboxylic acids is 1. The Morgan fingerprint density at radius 2 is 1.92 bits per heavy atom. The van der Waals surface area contributed by atoms with E-state index in [1.807, 2.05) is 42.1 Å². The van der Waals surface area contributed by atoms with E-state index in [0.717, 1.165) is 17.1 Å². The van der Waals surface area contributed by atoms with Crippen molar-refractivity contribution in [2.75, 3.05) is 7.11 Å². The summed E-state index contributed by atoms with van der Waals surface area (Å²) in [5.74, 6) is 1.22. The molecule has 0 saturated heterocycles. The van der Waals surface area contributed by atoms with Crippen LogP contribution in [0.2, 0.25) is 5.02 Å². The summed E-state index contributed by atoms with van der Waals surface area (Å²) in [5.41, 5.74) is 1.33. The molecular formula is C19H18ClN3O2. The minimum absolute atomic E-state index is 0.255. The highest BCUT2D eigenvalue weighted by atomic mass is 35.5. The van der Waals surface area contributed by atoms with E-state index >= 15 is 0 Å². The van der Waals surface area contributed by atoms with Crippen LogP contribution in [0.5, 0.6) is 5.75 Å². The van der Waals surface area contributed by atoms with Crippen molar-refractivity contribution in [1.82, 2.24) is 14.9 Å². The number of carbonyl (C=O) groups is 1. The molecule has 1 aromatic heterocycles. The van der Waals surface area contributed by atoms with E-state index < -0.39 is 6.04 Å². The Labute approximate surface area is 151 Å². The van der Waals surface area contributed by atoms with Gasteiger partial charge in [0.25, 0.3) is 5.91 Å². The molecule has 128 valence electrons. The third-order valence-corrected chi connectivity index (χ3v) is 4.29. The van der Waals surface area contributed by atoms with Crippen LogP contribution in [0, 0.1) is 0 Å². The Morgan fingerprint density at radius 3 is 2.52 bits per heavy atom. The quantitative estimate of drug-likeness (QED) is 0.760. The van der Waals surface area contributed by atoms with Gasteiger partial charge in [-0.25, -0.2) is 4.98 Å². The normalized spacial score (nSPS) is 11.8. The molecule has 1 N–H and O–H groups in total. The van der Waals surface area contributed by atoms with Crippen LogP contribution in [-0.4, -0.2) is 22.6 Å². The van der Waals surface area contributed by atoms with Gasteiger partial charge in [0, 0.05) is 19.4 Å². The van der Waals surface area contributed by atoms with E-state index in [1.165, 1.54) is 0 Å². The molecule has 0 bridgehead atoms. The van der Waals surface area contributed by atoms with Crippen LogP contribution in [0.15, 0.2) is 60.9 Å². The summed E-state index contributed by atoms with van der Waals surface area (Å²) in [4.78, 5) is 17.1. The van der Waals surface area contributed by atoms with Gasteiger partial charge in [-0.3, -0.25) is 4.79 Å². The Kier molecular flexibility index (Phi) is 5.05. The summed E-state index contributed by atoms with van der Waals surface area (Å²) in [6, 6.07) is 14.1. The first-order chi connectivity index (χ1) is 12.1. The number of hydrogen-bond donors (Lipinski definition) is 1. The number of nitrogens with zero attached hydrogens (tertiary/aromatic N) is 2. The molecule has 0 aliphatic rings. The summed E-state index contributed by atoms with van der Waals surface area (Å²) in [6.45, 7) is 0. The van der Waals surface area contributed by atoms with Gasteiger partial charge in [-0.05, 0) is 29.8 Å². The van der Waals surface area contributed by atoms with E-state index in [1.54, 1.807) is 37.6 Å². The Hall–Kier alpha value is -2.79. The first-order valence-corrected chi connectivity index (χ1v) is 8.14. The number of halogens is 1. The molecule has 1 heterocycles. The molecule has 0 radical (unpaired) electrons. The molecule has 0 aliphatic carbocycles. The van der Waals surface area contributed by atoms with E-state index in [9.17, 15) is 4.79 Å². The number of amides is 1. The molecule has 5 nitrogen and oxygen atoms in total. The van der Waals surface area contributed by atoms with Crippen molar-refractivity contribution < 1.29 is 9.53 Å². The van der Waals surface area contributed by atoms with Gasteiger partial charge in [-0.15, -0.1) is 0 Å². The lowest BCUT2D eigenvalue weighted by Gasteiger charge is -2.20. The van der Waals surface area contributed by atoms with Gasteiger partial charge < -0.3 is 14.6 Å². The average molecular weight is 356 g/mol. The second-order valence-corrected chi connectivity index (χ2v) is 5.96. The van der Waals surface area contributed by atoms with E-state index in [2.05, 4.69) is 10.3 Å². The van der Waals surface area contributed by atoms with Crippen molar-refractivity contribution in [3.8, 4) is 5.75 Å². The minimum Gasteiger partial charge on any atom is -0.497 e. The number of nitrogens with one attached hydrogen (secondary N) is 1. The molecule has 0 saturated carbocycles. The maximum absolute atomic E-state index is 12.7. The Balaban J connectivity index is 1.95. The first kappa shape index (κ1) is 17.0. The fraction of sp³-hybridized carbons (Fsp3) is 0.158. The molecule has 6 heteroatoms. The van der Waals surface area contributed by atoms with Crippen LogP contribution in [0.3, 0.4) is 0 Å². The van der Waals surface area contributed by atoms with Gasteiger partial charge >= 0.3 is 0 Å². The van der Waals surface area contributed by atoms with Crippen molar-refractivity contribution in [3.05, 3.63) is 82.9 Å². The van der Waals surface area contributed by atoms with Crippen molar-refractivity contribution in [2.24, 2.45) is 7.05 Å². The van der Waals surface area contributed by atoms with Crippen LogP contribution in [-0.2, 0) is 7.05 Å². The Morgan fingerprint density at radius 1 is 1.20 bits per heavy atom. The van der Waals surface area contributed by atoms with Crippen LogP contribution in [0.4, 0.5) is 0 Å². The maximum atomic E-state index is 12.7. The molecule has 2 aromatic carbocycles. The highest BCUT2D eigenvalue weighted by molar-refractivity contribution is 6.33. The predicted octanol–water partition coefficient (Wildman–Crippen LogP) is 3.60. The molecule has 0 fully saturated rings. The number of ether oxygens (including phenoxy) is 1. The van der Waals surface area contributed by atoms with Gasteiger partial charge in [0.1, 0.15) is 17.6 Å². The molecule has 25 heavy (non-hydrogen) atoms. The van der Waals surface area contributed by atoms with Crippen LogP contribution < -0.4 is 10.1 Å². The average Bonchev–Trinajstić information content (AvgIpc) is 3.06. The van der Waals surface area contributed by atoms with Gasteiger partial charge in [0.05, 0.1) is 17.7 Å². The summed E-state index contributed by atoms with van der Waals surface area (Å²) >= 11 is 6.15. The molecule has 0 aliphatic heterocycles. The summed E-state index contributed by atoms with van der Waals surface area (Å²) in [6.07, 6.45) is 3.54. The molecule has 1 atom stereocenters. The number of aromatic nitrogens is 2. The topological polar surface area (TPSA) is 56.1 Å². The van der Waals surface area contributed by atoms with Gasteiger partial charge in [-0.2, -0.15) is 0 Å². The second kappa shape index (κ2) is 7.40. The number of rotatable bonds is 5. The molecule has 3 rings (SSSR count). The number of hydrogen-bond acceptors (Lipinski definition) is 3. The van der Waals surface area contributed by atoms with Crippen molar-refractivity contribution in [1.29, 1.82) is 0 Å². The zero-order valence-electron chi connectivity index (χ0n) is 13.9. The zero-order valence-corrected chi connectivity index (χ0v) is 14.7. The number of aryl methyl sites for hydroxylation is 1. The molecule has 0 spiro atoms. The van der Waals surface area contributed by atoms with Crippen LogP contribution in [0.1, 0.15) is 27.8 Å². The van der Waals surface area contributed by atoms with E-state index in [4.69, 9.17) is 16.3 Å². The molecule has 1 amide bonds. The van der Waals surface area contributed by atoms with E-state index in [0.29, 0.717) is 10.6 Å². The van der Waals surface area contributed by atoms with Gasteiger partial charge in [0.15, 0.2) is 0 Å².